The highest BCUT2D eigenvalue weighted by atomic mass is 16.5. The highest BCUT2D eigenvalue weighted by Gasteiger charge is 2.26. The van der Waals surface area contributed by atoms with E-state index < -0.39 is 6.10 Å². The van der Waals surface area contributed by atoms with Crippen LogP contribution < -0.4 is 0 Å². The first-order valence-electron chi connectivity index (χ1n) is 8.52. The van der Waals surface area contributed by atoms with Crippen LogP contribution in [0.25, 0.3) is 0 Å². The minimum atomic E-state index is -0.541. The summed E-state index contributed by atoms with van der Waals surface area (Å²) >= 11 is 0. The average molecular weight is 318 g/mol. The molecule has 3 rings (SSSR count). The van der Waals surface area contributed by atoms with E-state index in [4.69, 9.17) is 8.94 Å². The number of aliphatic hydroxyl groups is 1. The number of furan rings is 1. The van der Waals surface area contributed by atoms with Gasteiger partial charge >= 0.3 is 0 Å². The molecule has 0 bridgehead atoms. The summed E-state index contributed by atoms with van der Waals surface area (Å²) in [5.74, 6) is 1.56. The topological polar surface area (TPSA) is 62.6 Å². The van der Waals surface area contributed by atoms with Crippen molar-refractivity contribution in [2.45, 2.75) is 64.6 Å². The molecule has 23 heavy (non-hydrogen) atoms. The highest BCUT2D eigenvalue weighted by Crippen LogP contribution is 2.28. The number of likely N-dealkylation sites (tertiary alicyclic amines) is 1. The van der Waals surface area contributed by atoms with Gasteiger partial charge in [0.25, 0.3) is 0 Å². The van der Waals surface area contributed by atoms with E-state index in [9.17, 15) is 5.11 Å². The van der Waals surface area contributed by atoms with Gasteiger partial charge in [-0.1, -0.05) is 18.0 Å². The SMILES string of the molecule is Cc1noc(C)c1CN1CCCCCC1CC(O)c1ccco1. The largest absolute Gasteiger partial charge is 0.467 e. The third-order valence-corrected chi connectivity index (χ3v) is 4.91. The van der Waals surface area contributed by atoms with Gasteiger partial charge in [0.2, 0.25) is 0 Å². The van der Waals surface area contributed by atoms with Gasteiger partial charge in [0, 0.05) is 18.2 Å². The Hall–Kier alpha value is -1.59. The monoisotopic (exact) mass is 318 g/mol. The van der Waals surface area contributed by atoms with E-state index in [1.54, 1.807) is 6.26 Å². The summed E-state index contributed by atoms with van der Waals surface area (Å²) in [7, 11) is 0. The normalized spacial score (nSPS) is 21.3. The Bertz CT molecular complexity index is 586. The van der Waals surface area contributed by atoms with Crippen LogP contribution in [0.4, 0.5) is 0 Å². The molecule has 1 aliphatic heterocycles. The number of aryl methyl sites for hydroxylation is 2. The molecule has 3 heterocycles. The Morgan fingerprint density at radius 2 is 2.22 bits per heavy atom. The van der Waals surface area contributed by atoms with Crippen LogP contribution in [0.1, 0.15) is 61.0 Å². The van der Waals surface area contributed by atoms with Crippen LogP contribution in [0.5, 0.6) is 0 Å². The molecule has 2 atom stereocenters. The molecule has 0 aromatic carbocycles. The van der Waals surface area contributed by atoms with E-state index in [2.05, 4.69) is 10.1 Å². The zero-order valence-electron chi connectivity index (χ0n) is 14.0. The molecule has 5 nitrogen and oxygen atoms in total. The number of rotatable bonds is 5. The molecule has 2 aromatic rings. The first-order valence-corrected chi connectivity index (χ1v) is 8.52. The standard InChI is InChI=1S/C18H26N2O3/c1-13-16(14(2)23-19-13)12-20-9-5-3-4-7-15(20)11-17(21)18-8-6-10-22-18/h6,8,10,15,17,21H,3-5,7,9,11-12H2,1-2H3. The van der Waals surface area contributed by atoms with Gasteiger partial charge in [0.1, 0.15) is 17.6 Å². The summed E-state index contributed by atoms with van der Waals surface area (Å²) in [6.07, 6.45) is 6.57. The zero-order valence-corrected chi connectivity index (χ0v) is 14.0. The van der Waals surface area contributed by atoms with Crippen molar-refractivity contribution >= 4 is 0 Å². The molecule has 2 unspecified atom stereocenters. The van der Waals surface area contributed by atoms with Gasteiger partial charge in [-0.05, 0) is 51.8 Å². The molecule has 0 radical (unpaired) electrons. The van der Waals surface area contributed by atoms with Crippen molar-refractivity contribution in [2.24, 2.45) is 0 Å². The molecule has 0 aliphatic carbocycles. The number of aliphatic hydroxyl groups excluding tert-OH is 1. The van der Waals surface area contributed by atoms with Crippen molar-refractivity contribution in [1.29, 1.82) is 0 Å². The highest BCUT2D eigenvalue weighted by molar-refractivity contribution is 5.20. The van der Waals surface area contributed by atoms with Gasteiger partial charge in [0.05, 0.1) is 12.0 Å². The van der Waals surface area contributed by atoms with Crippen molar-refractivity contribution < 1.29 is 14.0 Å². The fraction of sp³-hybridized carbons (Fsp3) is 0.611. The molecule has 0 saturated carbocycles. The lowest BCUT2D eigenvalue weighted by atomic mass is 10.0. The van der Waals surface area contributed by atoms with Crippen molar-refractivity contribution in [3.8, 4) is 0 Å². The molecule has 5 heteroatoms. The summed E-state index contributed by atoms with van der Waals surface area (Å²) in [4.78, 5) is 2.48. The molecule has 1 fully saturated rings. The lowest BCUT2D eigenvalue weighted by Gasteiger charge is -2.31. The predicted molar refractivity (Wildman–Crippen MR) is 86.9 cm³/mol. The van der Waals surface area contributed by atoms with Gasteiger partial charge in [-0.2, -0.15) is 0 Å². The number of hydrogen-bond acceptors (Lipinski definition) is 5. The number of nitrogens with zero attached hydrogens (tertiary/aromatic N) is 2. The van der Waals surface area contributed by atoms with E-state index in [0.717, 1.165) is 31.0 Å². The minimum absolute atomic E-state index is 0.353. The van der Waals surface area contributed by atoms with E-state index >= 15 is 0 Å². The van der Waals surface area contributed by atoms with Crippen LogP contribution in [-0.2, 0) is 6.54 Å². The van der Waals surface area contributed by atoms with Crippen molar-refractivity contribution in [2.75, 3.05) is 6.54 Å². The maximum absolute atomic E-state index is 10.5. The van der Waals surface area contributed by atoms with E-state index in [0.29, 0.717) is 18.2 Å². The molecular formula is C18H26N2O3. The molecule has 0 spiro atoms. The summed E-state index contributed by atoms with van der Waals surface area (Å²) in [5, 5.41) is 14.5. The zero-order chi connectivity index (χ0) is 16.2. The second-order valence-electron chi connectivity index (χ2n) is 6.54. The Balaban J connectivity index is 1.72. The molecule has 126 valence electrons. The molecule has 1 N–H and O–H groups in total. The van der Waals surface area contributed by atoms with Crippen LogP contribution in [0.2, 0.25) is 0 Å². The third-order valence-electron chi connectivity index (χ3n) is 4.91. The molecule has 0 amide bonds. The fourth-order valence-electron chi connectivity index (χ4n) is 3.50. The molecule has 2 aromatic heterocycles. The van der Waals surface area contributed by atoms with Crippen LogP contribution in [0.3, 0.4) is 0 Å². The van der Waals surface area contributed by atoms with Crippen molar-refractivity contribution in [1.82, 2.24) is 10.1 Å². The van der Waals surface area contributed by atoms with E-state index in [1.807, 2.05) is 26.0 Å². The summed E-state index contributed by atoms with van der Waals surface area (Å²) in [6, 6.07) is 4.03. The average Bonchev–Trinajstić information content (AvgIpc) is 3.11. The fourth-order valence-corrected chi connectivity index (χ4v) is 3.50. The second kappa shape index (κ2) is 7.32. The van der Waals surface area contributed by atoms with Gasteiger partial charge < -0.3 is 14.0 Å². The smallest absolute Gasteiger partial charge is 0.138 e. The number of aromatic nitrogens is 1. The maximum atomic E-state index is 10.5. The van der Waals surface area contributed by atoms with Crippen LogP contribution in [0.15, 0.2) is 27.3 Å². The summed E-state index contributed by atoms with van der Waals surface area (Å²) < 4.78 is 10.7. The summed E-state index contributed by atoms with van der Waals surface area (Å²) in [6.45, 7) is 5.87. The van der Waals surface area contributed by atoms with E-state index in [-0.39, 0.29) is 0 Å². The van der Waals surface area contributed by atoms with Crippen molar-refractivity contribution in [3.63, 3.8) is 0 Å². The first kappa shape index (κ1) is 16.3. The molecule has 1 aliphatic rings. The quantitative estimate of drug-likeness (QED) is 0.909. The molecular weight excluding hydrogens is 292 g/mol. The van der Waals surface area contributed by atoms with Gasteiger partial charge in [-0.3, -0.25) is 4.90 Å². The lowest BCUT2D eigenvalue weighted by molar-refractivity contribution is 0.0828. The van der Waals surface area contributed by atoms with Crippen LogP contribution in [0, 0.1) is 13.8 Å². The van der Waals surface area contributed by atoms with Gasteiger partial charge in [0.15, 0.2) is 0 Å². The van der Waals surface area contributed by atoms with Crippen molar-refractivity contribution in [3.05, 3.63) is 41.2 Å². The third kappa shape index (κ3) is 3.85. The Morgan fingerprint density at radius 3 is 2.91 bits per heavy atom. The van der Waals surface area contributed by atoms with Crippen LogP contribution in [-0.4, -0.2) is 27.7 Å². The number of hydrogen-bond donors (Lipinski definition) is 1. The maximum Gasteiger partial charge on any atom is 0.138 e. The van der Waals surface area contributed by atoms with Gasteiger partial charge in [-0.15, -0.1) is 0 Å². The van der Waals surface area contributed by atoms with Gasteiger partial charge in [-0.25, -0.2) is 0 Å². The second-order valence-corrected chi connectivity index (χ2v) is 6.54. The Labute approximate surface area is 137 Å². The minimum Gasteiger partial charge on any atom is -0.467 e. The first-order chi connectivity index (χ1) is 11.1. The molecule has 1 saturated heterocycles. The predicted octanol–water partition coefficient (Wildman–Crippen LogP) is 3.75. The van der Waals surface area contributed by atoms with Crippen LogP contribution >= 0.6 is 0 Å². The Morgan fingerprint density at radius 1 is 1.35 bits per heavy atom. The lowest BCUT2D eigenvalue weighted by Crippen LogP contribution is -2.35. The van der Waals surface area contributed by atoms with E-state index in [1.165, 1.54) is 24.8 Å². The Kier molecular flexibility index (Phi) is 5.18. The summed E-state index contributed by atoms with van der Waals surface area (Å²) in [5.41, 5.74) is 2.15.